The Morgan fingerprint density at radius 1 is 0.342 bits per heavy atom. The highest BCUT2D eigenvalue weighted by molar-refractivity contribution is 7.47. The largest absolute Gasteiger partial charge is 0.472 e. The molecule has 0 aliphatic heterocycles. The summed E-state index contributed by atoms with van der Waals surface area (Å²) in [7, 11) is -9.88. The maximum atomic E-state index is 12.9. The van der Waals surface area contributed by atoms with Crippen molar-refractivity contribution in [1.29, 1.82) is 0 Å². The smallest absolute Gasteiger partial charge is 0.462 e. The molecule has 19 heteroatoms. The third-order valence-electron chi connectivity index (χ3n) is 13.6. The number of hydrogen-bond acceptors (Lipinski definition) is 15. The van der Waals surface area contributed by atoms with Crippen molar-refractivity contribution < 1.29 is 80.2 Å². The number of phosphoric ester groups is 2. The number of aliphatic hydroxyl groups excluding tert-OH is 1. The topological polar surface area (TPSA) is 237 Å². The molecule has 17 nitrogen and oxygen atoms in total. The molecule has 0 bridgehead atoms. The van der Waals surface area contributed by atoms with Gasteiger partial charge in [0.15, 0.2) is 12.2 Å². The molecule has 0 fully saturated rings. The lowest BCUT2D eigenvalue weighted by atomic mass is 10.0. The van der Waals surface area contributed by atoms with Crippen LogP contribution in [0.5, 0.6) is 0 Å². The molecular weight excluding hydrogens is 1050 g/mol. The van der Waals surface area contributed by atoms with E-state index in [2.05, 4.69) is 48.5 Å². The van der Waals surface area contributed by atoms with Crippen molar-refractivity contribution in [3.05, 3.63) is 0 Å². The molecule has 2 unspecified atom stereocenters. The Labute approximate surface area is 479 Å². The van der Waals surface area contributed by atoms with Crippen LogP contribution < -0.4 is 0 Å². The second-order valence-corrected chi connectivity index (χ2v) is 26.1. The Bertz CT molecular complexity index is 1580. The average Bonchev–Trinajstić information content (AvgIpc) is 3.39. The van der Waals surface area contributed by atoms with Crippen LogP contribution in [-0.4, -0.2) is 96.7 Å². The van der Waals surface area contributed by atoms with Crippen LogP contribution in [0.4, 0.5) is 0 Å². The van der Waals surface area contributed by atoms with Gasteiger partial charge < -0.3 is 33.8 Å². The third-order valence-corrected chi connectivity index (χ3v) is 15.5. The molecule has 0 aromatic carbocycles. The Balaban J connectivity index is 5.24. The molecule has 0 amide bonds. The van der Waals surface area contributed by atoms with Crippen LogP contribution in [0.25, 0.3) is 0 Å². The molecule has 3 N–H and O–H groups in total. The van der Waals surface area contributed by atoms with Crippen LogP contribution in [0, 0.1) is 17.8 Å². The molecule has 0 rings (SSSR count). The second-order valence-electron chi connectivity index (χ2n) is 23.2. The number of esters is 4. The van der Waals surface area contributed by atoms with E-state index in [1.165, 1.54) is 89.9 Å². The van der Waals surface area contributed by atoms with Crippen molar-refractivity contribution in [2.24, 2.45) is 17.8 Å². The zero-order chi connectivity index (χ0) is 58.8. The minimum Gasteiger partial charge on any atom is -0.462 e. The van der Waals surface area contributed by atoms with Crippen molar-refractivity contribution >= 4 is 39.5 Å². The number of phosphoric acid groups is 2. The summed E-state index contributed by atoms with van der Waals surface area (Å²) in [6.45, 7) is 11.6. The predicted molar refractivity (Wildman–Crippen MR) is 312 cm³/mol. The van der Waals surface area contributed by atoms with Crippen molar-refractivity contribution in [3.63, 3.8) is 0 Å². The monoisotopic (exact) mass is 1170 g/mol. The van der Waals surface area contributed by atoms with Crippen molar-refractivity contribution in [2.75, 3.05) is 39.6 Å². The van der Waals surface area contributed by atoms with Gasteiger partial charge in [-0.1, -0.05) is 235 Å². The van der Waals surface area contributed by atoms with Crippen molar-refractivity contribution in [2.45, 2.75) is 304 Å². The van der Waals surface area contributed by atoms with Gasteiger partial charge in [-0.2, -0.15) is 0 Å². The first-order chi connectivity index (χ1) is 37.7. The van der Waals surface area contributed by atoms with Gasteiger partial charge >= 0.3 is 39.5 Å². The van der Waals surface area contributed by atoms with Gasteiger partial charge in [0.25, 0.3) is 0 Å². The molecule has 79 heavy (non-hydrogen) atoms. The SMILES string of the molecule is CCCCCCCCCCCC(=O)OC[C@H](COP(=O)(O)OC[C@H](O)COP(=O)(O)OC[C@@H](COC(=O)CCCCCCCCCC(C)C)OC(=O)CCCCCCCCCCC(C)C)OC(=O)CCCCCCCCC(C)C. The highest BCUT2D eigenvalue weighted by Gasteiger charge is 2.30. The van der Waals surface area contributed by atoms with E-state index < -0.39 is 97.5 Å². The highest BCUT2D eigenvalue weighted by Crippen LogP contribution is 2.45. The van der Waals surface area contributed by atoms with Gasteiger partial charge in [0.1, 0.15) is 19.3 Å². The number of rotatable bonds is 58. The zero-order valence-corrected chi connectivity index (χ0v) is 52.6. The minimum absolute atomic E-state index is 0.101. The summed E-state index contributed by atoms with van der Waals surface area (Å²) in [6, 6.07) is 0. The van der Waals surface area contributed by atoms with Crippen molar-refractivity contribution in [3.8, 4) is 0 Å². The summed E-state index contributed by atoms with van der Waals surface area (Å²) in [5, 5.41) is 10.5. The molecular formula is C60H116O17P2. The number of unbranched alkanes of at least 4 members (excludes halogenated alkanes) is 26. The zero-order valence-electron chi connectivity index (χ0n) is 50.8. The number of hydrogen-bond donors (Lipinski definition) is 3. The van der Waals surface area contributed by atoms with Crippen LogP contribution >= 0.6 is 15.6 Å². The molecule has 0 heterocycles. The van der Waals surface area contributed by atoms with Crippen molar-refractivity contribution in [1.82, 2.24) is 0 Å². The quantitative estimate of drug-likeness (QED) is 0.0222. The van der Waals surface area contributed by atoms with E-state index in [-0.39, 0.29) is 25.7 Å². The summed E-state index contributed by atoms with van der Waals surface area (Å²) < 4.78 is 67.7. The molecule has 0 saturated heterocycles. The summed E-state index contributed by atoms with van der Waals surface area (Å²) in [5.74, 6) is -0.0557. The van der Waals surface area contributed by atoms with Gasteiger partial charge in [-0.3, -0.25) is 37.3 Å². The van der Waals surface area contributed by atoms with Crippen LogP contribution in [0.3, 0.4) is 0 Å². The molecule has 0 aliphatic rings. The van der Waals surface area contributed by atoms with Gasteiger partial charge in [-0.25, -0.2) is 9.13 Å². The fourth-order valence-electron chi connectivity index (χ4n) is 8.77. The molecule has 0 aromatic heterocycles. The van der Waals surface area contributed by atoms with E-state index in [0.717, 1.165) is 102 Å². The van der Waals surface area contributed by atoms with E-state index in [0.29, 0.717) is 37.5 Å². The average molecular weight is 1170 g/mol. The van der Waals surface area contributed by atoms with Gasteiger partial charge in [-0.05, 0) is 43.4 Å². The summed E-state index contributed by atoms with van der Waals surface area (Å²) in [4.78, 5) is 71.9. The molecule has 468 valence electrons. The lowest BCUT2D eigenvalue weighted by Gasteiger charge is -2.21. The van der Waals surface area contributed by atoms with E-state index in [4.69, 9.17) is 37.0 Å². The van der Waals surface area contributed by atoms with E-state index in [1.807, 2.05) is 0 Å². The first-order valence-corrected chi connectivity index (χ1v) is 34.3. The Morgan fingerprint density at radius 2 is 0.582 bits per heavy atom. The Morgan fingerprint density at radius 3 is 0.861 bits per heavy atom. The third kappa shape index (κ3) is 55.0. The number of carbonyl (C=O) groups is 4. The molecule has 0 radical (unpaired) electrons. The van der Waals surface area contributed by atoms with E-state index >= 15 is 0 Å². The van der Waals surface area contributed by atoms with E-state index in [9.17, 15) is 43.2 Å². The van der Waals surface area contributed by atoms with Gasteiger partial charge in [0.05, 0.1) is 26.4 Å². The first-order valence-electron chi connectivity index (χ1n) is 31.3. The van der Waals surface area contributed by atoms with Crippen LogP contribution in [0.15, 0.2) is 0 Å². The van der Waals surface area contributed by atoms with Gasteiger partial charge in [0, 0.05) is 25.7 Å². The number of ether oxygens (including phenoxy) is 4. The summed E-state index contributed by atoms with van der Waals surface area (Å²) in [5.41, 5.74) is 0. The maximum absolute atomic E-state index is 12.9. The molecule has 0 aromatic rings. The number of aliphatic hydroxyl groups is 1. The lowest BCUT2D eigenvalue weighted by Crippen LogP contribution is -2.30. The normalized spacial score (nSPS) is 14.5. The van der Waals surface area contributed by atoms with Crippen LogP contribution in [0.2, 0.25) is 0 Å². The van der Waals surface area contributed by atoms with Crippen LogP contribution in [0.1, 0.15) is 286 Å². The molecule has 5 atom stereocenters. The summed E-state index contributed by atoms with van der Waals surface area (Å²) >= 11 is 0. The molecule has 0 spiro atoms. The van der Waals surface area contributed by atoms with E-state index in [1.54, 1.807) is 0 Å². The minimum atomic E-state index is -4.94. The summed E-state index contributed by atoms with van der Waals surface area (Å²) in [6.07, 6.45) is 31.0. The molecule has 0 saturated carbocycles. The van der Waals surface area contributed by atoms with Gasteiger partial charge in [-0.15, -0.1) is 0 Å². The fraction of sp³-hybridized carbons (Fsp3) is 0.933. The van der Waals surface area contributed by atoms with Crippen LogP contribution in [-0.2, 0) is 65.4 Å². The second kappa shape index (κ2) is 51.7. The van der Waals surface area contributed by atoms with Gasteiger partial charge in [0.2, 0.25) is 0 Å². The Hall–Kier alpha value is -1.94. The number of carbonyl (C=O) groups excluding carboxylic acids is 4. The maximum Gasteiger partial charge on any atom is 0.472 e. The highest BCUT2D eigenvalue weighted by atomic mass is 31.2. The lowest BCUT2D eigenvalue weighted by molar-refractivity contribution is -0.161. The first kappa shape index (κ1) is 77.1. The fourth-order valence-corrected chi connectivity index (χ4v) is 10.4. The Kier molecular flexibility index (Phi) is 50.4. The molecule has 0 aliphatic carbocycles. The predicted octanol–water partition coefficient (Wildman–Crippen LogP) is 15.9. The standard InChI is InChI=1S/C60H116O17P2/c1-8-9-10-11-12-13-19-27-34-41-57(62)70-48-56(77-60(65)44-37-30-23-22-26-33-40-53(6)7)50-75-79(68,69)73-46-54(61)45-72-78(66,67)74-49-55(47-71-58(63)42-35-28-21-16-18-25-32-39-52(4)5)76-59(64)43-36-29-20-15-14-17-24-31-38-51(2)3/h51-56,61H,8-50H2,1-7H3,(H,66,67)(H,68,69)/t54-,55-,56-/m1/s1.